The molecule has 0 saturated heterocycles. The van der Waals surface area contributed by atoms with Gasteiger partial charge in [0.1, 0.15) is 11.9 Å². The summed E-state index contributed by atoms with van der Waals surface area (Å²) in [5.41, 5.74) is 0.760. The molecule has 0 amide bonds. The first-order chi connectivity index (χ1) is 10.5. The van der Waals surface area contributed by atoms with Gasteiger partial charge in [-0.2, -0.15) is 4.31 Å². The predicted molar refractivity (Wildman–Crippen MR) is 86.8 cm³/mol. The van der Waals surface area contributed by atoms with E-state index in [9.17, 15) is 8.42 Å². The second-order valence-corrected chi connectivity index (χ2v) is 8.28. The molecule has 5 nitrogen and oxygen atoms in total. The highest BCUT2D eigenvalue weighted by Crippen LogP contribution is 2.33. The molecule has 1 saturated carbocycles. The summed E-state index contributed by atoms with van der Waals surface area (Å²) in [5, 5.41) is 3.24. The molecule has 0 radical (unpaired) electrons. The minimum Gasteiger partial charge on any atom is -0.487 e. The third-order valence-electron chi connectivity index (χ3n) is 4.63. The smallest absolute Gasteiger partial charge is 0.243 e. The third kappa shape index (κ3) is 2.94. The van der Waals surface area contributed by atoms with Crippen molar-refractivity contribution in [3.05, 3.63) is 18.2 Å². The lowest BCUT2D eigenvalue weighted by molar-refractivity contribution is 0.226. The summed E-state index contributed by atoms with van der Waals surface area (Å²) in [5.74, 6) is 0.720. The van der Waals surface area contributed by atoms with Crippen LogP contribution in [0.5, 0.6) is 5.75 Å². The number of ether oxygens (including phenoxy) is 1. The van der Waals surface area contributed by atoms with E-state index in [-0.39, 0.29) is 12.1 Å². The number of anilines is 1. The van der Waals surface area contributed by atoms with Crippen LogP contribution in [0.1, 0.15) is 39.0 Å². The van der Waals surface area contributed by atoms with E-state index in [2.05, 4.69) is 5.32 Å². The fraction of sp³-hybridized carbons (Fsp3) is 0.625. The fourth-order valence-corrected chi connectivity index (χ4v) is 4.67. The Morgan fingerprint density at radius 2 is 1.95 bits per heavy atom. The summed E-state index contributed by atoms with van der Waals surface area (Å²) in [6.45, 7) is 2.67. The van der Waals surface area contributed by atoms with Gasteiger partial charge >= 0.3 is 0 Å². The SMILES string of the molecule is CC1CNc2cc(S(=O)(=O)N(C)C3CCCCC3)ccc2O1. The van der Waals surface area contributed by atoms with Gasteiger partial charge in [-0.05, 0) is 38.0 Å². The molecule has 1 aromatic rings. The number of hydrogen-bond donors (Lipinski definition) is 1. The minimum absolute atomic E-state index is 0.0971. The van der Waals surface area contributed by atoms with Gasteiger partial charge in [-0.3, -0.25) is 0 Å². The fourth-order valence-electron chi connectivity index (χ4n) is 3.23. The molecule has 3 rings (SSSR count). The van der Waals surface area contributed by atoms with Gasteiger partial charge in [0.25, 0.3) is 0 Å². The topological polar surface area (TPSA) is 58.6 Å². The lowest BCUT2D eigenvalue weighted by Crippen LogP contribution is -2.38. The van der Waals surface area contributed by atoms with Crippen molar-refractivity contribution < 1.29 is 13.2 Å². The molecule has 1 aromatic carbocycles. The first-order valence-corrected chi connectivity index (χ1v) is 9.45. The van der Waals surface area contributed by atoms with Crippen molar-refractivity contribution in [2.75, 3.05) is 18.9 Å². The van der Waals surface area contributed by atoms with Crippen LogP contribution in [0.3, 0.4) is 0 Å². The number of benzene rings is 1. The number of fused-ring (bicyclic) bond motifs is 1. The molecule has 0 aromatic heterocycles. The standard InChI is InChI=1S/C16H24N2O3S/c1-12-11-17-15-10-14(8-9-16(15)21-12)22(19,20)18(2)13-6-4-3-5-7-13/h8-10,12-13,17H,3-7,11H2,1-2H3. The molecule has 1 N–H and O–H groups in total. The van der Waals surface area contributed by atoms with Crippen LogP contribution in [-0.2, 0) is 10.0 Å². The highest BCUT2D eigenvalue weighted by molar-refractivity contribution is 7.89. The Balaban J connectivity index is 1.85. The predicted octanol–water partition coefficient (Wildman–Crippen LogP) is 2.83. The van der Waals surface area contributed by atoms with E-state index in [1.165, 1.54) is 6.42 Å². The zero-order valence-electron chi connectivity index (χ0n) is 13.2. The Bertz CT molecular complexity index is 639. The Labute approximate surface area is 132 Å². The molecular weight excluding hydrogens is 300 g/mol. The van der Waals surface area contributed by atoms with Gasteiger partial charge in [0.15, 0.2) is 0 Å². The second-order valence-electron chi connectivity index (χ2n) is 6.28. The Hall–Kier alpha value is -1.27. The highest BCUT2D eigenvalue weighted by Gasteiger charge is 2.30. The van der Waals surface area contributed by atoms with Crippen LogP contribution in [0.2, 0.25) is 0 Å². The van der Waals surface area contributed by atoms with Crippen LogP contribution in [-0.4, -0.2) is 38.5 Å². The zero-order valence-corrected chi connectivity index (χ0v) is 14.0. The first-order valence-electron chi connectivity index (χ1n) is 8.01. The molecule has 1 aliphatic carbocycles. The number of nitrogens with one attached hydrogen (secondary N) is 1. The van der Waals surface area contributed by atoms with Crippen molar-refractivity contribution >= 4 is 15.7 Å². The van der Waals surface area contributed by atoms with Gasteiger partial charge in [-0.1, -0.05) is 19.3 Å². The van der Waals surface area contributed by atoms with Crippen LogP contribution in [0.15, 0.2) is 23.1 Å². The largest absolute Gasteiger partial charge is 0.487 e. The van der Waals surface area contributed by atoms with Gasteiger partial charge < -0.3 is 10.1 Å². The molecule has 1 unspecified atom stereocenters. The van der Waals surface area contributed by atoms with E-state index < -0.39 is 10.0 Å². The van der Waals surface area contributed by atoms with E-state index in [4.69, 9.17) is 4.74 Å². The summed E-state index contributed by atoms with van der Waals surface area (Å²) < 4.78 is 32.9. The molecule has 22 heavy (non-hydrogen) atoms. The quantitative estimate of drug-likeness (QED) is 0.929. The maximum atomic E-state index is 12.8. The minimum atomic E-state index is -3.45. The van der Waals surface area contributed by atoms with Gasteiger partial charge in [-0.25, -0.2) is 8.42 Å². The van der Waals surface area contributed by atoms with E-state index in [1.807, 2.05) is 6.92 Å². The molecule has 122 valence electrons. The van der Waals surface area contributed by atoms with E-state index in [1.54, 1.807) is 29.6 Å². The third-order valence-corrected chi connectivity index (χ3v) is 6.53. The van der Waals surface area contributed by atoms with E-state index >= 15 is 0 Å². The molecule has 1 heterocycles. The van der Waals surface area contributed by atoms with Gasteiger partial charge in [0.05, 0.1) is 17.1 Å². The molecule has 2 aliphatic rings. The van der Waals surface area contributed by atoms with Crippen molar-refractivity contribution in [2.24, 2.45) is 0 Å². The number of hydrogen-bond acceptors (Lipinski definition) is 4. The summed E-state index contributed by atoms with van der Waals surface area (Å²) in [7, 11) is -1.74. The normalized spacial score (nSPS) is 22.8. The van der Waals surface area contributed by atoms with Gasteiger partial charge in [-0.15, -0.1) is 0 Å². The van der Waals surface area contributed by atoms with Crippen molar-refractivity contribution in [1.29, 1.82) is 0 Å². The second kappa shape index (κ2) is 6.08. The number of rotatable bonds is 3. The van der Waals surface area contributed by atoms with Crippen LogP contribution >= 0.6 is 0 Å². The van der Waals surface area contributed by atoms with Gasteiger partial charge in [0.2, 0.25) is 10.0 Å². The molecule has 0 bridgehead atoms. The Morgan fingerprint density at radius 3 is 2.68 bits per heavy atom. The number of nitrogens with zero attached hydrogens (tertiary/aromatic N) is 1. The molecule has 1 aliphatic heterocycles. The van der Waals surface area contributed by atoms with E-state index in [0.717, 1.165) is 37.1 Å². The summed E-state index contributed by atoms with van der Waals surface area (Å²) in [6.07, 6.45) is 5.45. The maximum absolute atomic E-state index is 12.8. The molecular formula is C16H24N2O3S. The van der Waals surface area contributed by atoms with Crippen molar-refractivity contribution in [2.45, 2.75) is 56.1 Å². The molecule has 0 spiro atoms. The zero-order chi connectivity index (χ0) is 15.7. The lowest BCUT2D eigenvalue weighted by Gasteiger charge is -2.31. The average molecular weight is 324 g/mol. The maximum Gasteiger partial charge on any atom is 0.243 e. The summed E-state index contributed by atoms with van der Waals surface area (Å²) in [6, 6.07) is 5.21. The molecule has 1 atom stereocenters. The summed E-state index contributed by atoms with van der Waals surface area (Å²) in [4.78, 5) is 0.338. The number of sulfonamides is 1. The molecule has 1 fully saturated rings. The van der Waals surface area contributed by atoms with Crippen LogP contribution in [0.4, 0.5) is 5.69 Å². The van der Waals surface area contributed by atoms with E-state index in [0.29, 0.717) is 11.4 Å². The van der Waals surface area contributed by atoms with Crippen LogP contribution in [0.25, 0.3) is 0 Å². The van der Waals surface area contributed by atoms with Crippen molar-refractivity contribution in [3.8, 4) is 5.75 Å². The first kappa shape index (κ1) is 15.6. The van der Waals surface area contributed by atoms with Crippen LogP contribution < -0.4 is 10.1 Å². The highest BCUT2D eigenvalue weighted by atomic mass is 32.2. The molecule has 6 heteroatoms. The Kier molecular flexibility index (Phi) is 4.32. The Morgan fingerprint density at radius 1 is 1.23 bits per heavy atom. The van der Waals surface area contributed by atoms with Crippen molar-refractivity contribution in [1.82, 2.24) is 4.31 Å². The van der Waals surface area contributed by atoms with Crippen molar-refractivity contribution in [3.63, 3.8) is 0 Å². The van der Waals surface area contributed by atoms with Gasteiger partial charge in [0, 0.05) is 13.1 Å². The lowest BCUT2D eigenvalue weighted by atomic mass is 9.96. The monoisotopic (exact) mass is 324 g/mol. The summed E-state index contributed by atoms with van der Waals surface area (Å²) >= 11 is 0. The average Bonchev–Trinajstić information content (AvgIpc) is 2.54. The van der Waals surface area contributed by atoms with Crippen LogP contribution in [0, 0.1) is 0 Å².